The predicted octanol–water partition coefficient (Wildman–Crippen LogP) is 1.69. The fourth-order valence-corrected chi connectivity index (χ4v) is 1.17. The van der Waals surface area contributed by atoms with Crippen LogP contribution in [-0.2, 0) is 7.05 Å². The van der Waals surface area contributed by atoms with Gasteiger partial charge in [0.1, 0.15) is 5.69 Å². The van der Waals surface area contributed by atoms with Gasteiger partial charge >= 0.3 is 0 Å². The van der Waals surface area contributed by atoms with Crippen molar-refractivity contribution in [1.29, 1.82) is 0 Å². The molecule has 0 radical (unpaired) electrons. The molecule has 0 bridgehead atoms. The second-order valence-corrected chi connectivity index (χ2v) is 3.13. The molecule has 4 nitrogen and oxygen atoms in total. The monoisotopic (exact) mass is 177 g/mol. The minimum absolute atomic E-state index is 0.723. The third-order valence-corrected chi connectivity index (χ3v) is 1.99. The molecule has 13 heavy (non-hydrogen) atoms. The molecule has 0 aliphatic heterocycles. The zero-order valence-electron chi connectivity index (χ0n) is 7.90. The summed E-state index contributed by atoms with van der Waals surface area (Å²) in [6.07, 6.45) is 0. The molecule has 0 amide bonds. The number of hydrogen-bond acceptors (Lipinski definition) is 3. The highest BCUT2D eigenvalue weighted by molar-refractivity contribution is 5.52. The Hall–Kier alpha value is -1.58. The van der Waals surface area contributed by atoms with E-state index in [9.17, 15) is 0 Å². The quantitative estimate of drug-likeness (QED) is 0.665. The van der Waals surface area contributed by atoms with Crippen LogP contribution in [0.3, 0.4) is 0 Å². The minimum atomic E-state index is 0.723. The molecule has 0 atom stereocenters. The van der Waals surface area contributed by atoms with E-state index in [1.165, 1.54) is 0 Å². The second-order valence-electron chi connectivity index (χ2n) is 3.13. The summed E-state index contributed by atoms with van der Waals surface area (Å²) >= 11 is 0. The maximum absolute atomic E-state index is 5.09. The van der Waals surface area contributed by atoms with Crippen molar-refractivity contribution in [3.05, 3.63) is 23.5 Å². The van der Waals surface area contributed by atoms with Gasteiger partial charge in [-0.25, -0.2) is 0 Å². The Morgan fingerprint density at radius 1 is 1.31 bits per heavy atom. The van der Waals surface area contributed by atoms with Crippen molar-refractivity contribution < 1.29 is 4.52 Å². The van der Waals surface area contributed by atoms with E-state index in [0.717, 1.165) is 22.8 Å². The molecule has 0 spiro atoms. The molecule has 2 rings (SSSR count). The van der Waals surface area contributed by atoms with Crippen LogP contribution in [0, 0.1) is 13.8 Å². The van der Waals surface area contributed by atoms with Gasteiger partial charge in [0.05, 0.1) is 5.69 Å². The highest BCUT2D eigenvalue weighted by atomic mass is 16.5. The summed E-state index contributed by atoms with van der Waals surface area (Å²) in [5.41, 5.74) is 2.81. The Morgan fingerprint density at radius 3 is 2.54 bits per heavy atom. The lowest BCUT2D eigenvalue weighted by Gasteiger charge is -1.88. The molecule has 0 aromatic carbocycles. The van der Waals surface area contributed by atoms with Crippen molar-refractivity contribution in [3.63, 3.8) is 0 Å². The molecule has 0 N–H and O–H groups in total. The number of rotatable bonds is 1. The van der Waals surface area contributed by atoms with Gasteiger partial charge in [-0.1, -0.05) is 5.16 Å². The number of aryl methyl sites for hydroxylation is 3. The van der Waals surface area contributed by atoms with Crippen LogP contribution in [0.1, 0.15) is 11.4 Å². The molecule has 0 aliphatic rings. The van der Waals surface area contributed by atoms with Crippen molar-refractivity contribution in [2.24, 2.45) is 7.05 Å². The van der Waals surface area contributed by atoms with Gasteiger partial charge in [0, 0.05) is 18.8 Å². The van der Waals surface area contributed by atoms with E-state index in [2.05, 4.69) is 10.3 Å². The fourth-order valence-electron chi connectivity index (χ4n) is 1.17. The minimum Gasteiger partial charge on any atom is -0.354 e. The van der Waals surface area contributed by atoms with Gasteiger partial charge in [-0.2, -0.15) is 5.10 Å². The van der Waals surface area contributed by atoms with Crippen LogP contribution < -0.4 is 0 Å². The molecular formula is C9H11N3O. The Labute approximate surface area is 76.2 Å². The van der Waals surface area contributed by atoms with Crippen LogP contribution in [0.5, 0.6) is 0 Å². The molecule has 0 saturated carbocycles. The normalized spacial score (nSPS) is 10.7. The highest BCUT2D eigenvalue weighted by Gasteiger charge is 2.08. The van der Waals surface area contributed by atoms with Crippen molar-refractivity contribution in [2.75, 3.05) is 0 Å². The first-order valence-electron chi connectivity index (χ1n) is 4.11. The van der Waals surface area contributed by atoms with Crippen LogP contribution >= 0.6 is 0 Å². The van der Waals surface area contributed by atoms with Gasteiger partial charge in [-0.3, -0.25) is 4.68 Å². The lowest BCUT2D eigenvalue weighted by Crippen LogP contribution is -1.91. The van der Waals surface area contributed by atoms with E-state index in [-0.39, 0.29) is 0 Å². The largest absolute Gasteiger partial charge is 0.354 e. The topological polar surface area (TPSA) is 43.9 Å². The molecule has 68 valence electrons. The smallest absolute Gasteiger partial charge is 0.187 e. The van der Waals surface area contributed by atoms with Crippen molar-refractivity contribution in [1.82, 2.24) is 14.9 Å². The van der Waals surface area contributed by atoms with Crippen molar-refractivity contribution in [3.8, 4) is 11.5 Å². The van der Waals surface area contributed by atoms with E-state index in [4.69, 9.17) is 4.52 Å². The fraction of sp³-hybridized carbons (Fsp3) is 0.333. The Bertz CT molecular complexity index is 408. The summed E-state index contributed by atoms with van der Waals surface area (Å²) < 4.78 is 6.91. The summed E-state index contributed by atoms with van der Waals surface area (Å²) in [5.74, 6) is 0.723. The van der Waals surface area contributed by atoms with E-state index in [1.54, 1.807) is 0 Å². The number of hydrogen-bond donors (Lipinski definition) is 0. The first kappa shape index (κ1) is 8.04. The van der Waals surface area contributed by atoms with E-state index < -0.39 is 0 Å². The molecule has 0 unspecified atom stereocenters. The molecule has 0 fully saturated rings. The van der Waals surface area contributed by atoms with E-state index in [0.29, 0.717) is 0 Å². The van der Waals surface area contributed by atoms with Gasteiger partial charge in [0.15, 0.2) is 5.76 Å². The molecule has 2 aromatic rings. The Balaban J connectivity index is 2.46. The van der Waals surface area contributed by atoms with Crippen LogP contribution in [0.4, 0.5) is 0 Å². The van der Waals surface area contributed by atoms with Gasteiger partial charge in [-0.15, -0.1) is 0 Å². The summed E-state index contributed by atoms with van der Waals surface area (Å²) in [6, 6.07) is 3.85. The summed E-state index contributed by atoms with van der Waals surface area (Å²) in [5, 5.41) is 8.08. The van der Waals surface area contributed by atoms with Gasteiger partial charge < -0.3 is 4.52 Å². The van der Waals surface area contributed by atoms with E-state index in [1.807, 2.05) is 37.7 Å². The predicted molar refractivity (Wildman–Crippen MR) is 48.2 cm³/mol. The van der Waals surface area contributed by atoms with Crippen molar-refractivity contribution >= 4 is 0 Å². The maximum Gasteiger partial charge on any atom is 0.187 e. The lowest BCUT2D eigenvalue weighted by molar-refractivity contribution is 0.425. The summed E-state index contributed by atoms with van der Waals surface area (Å²) in [6.45, 7) is 3.89. The highest BCUT2D eigenvalue weighted by Crippen LogP contribution is 2.18. The Morgan fingerprint density at radius 2 is 2.08 bits per heavy atom. The zero-order chi connectivity index (χ0) is 9.42. The van der Waals surface area contributed by atoms with Gasteiger partial charge in [-0.05, 0) is 19.9 Å². The molecule has 0 saturated heterocycles. The van der Waals surface area contributed by atoms with Crippen LogP contribution in [-0.4, -0.2) is 14.9 Å². The second kappa shape index (κ2) is 2.73. The molecule has 2 heterocycles. The average Bonchev–Trinajstić information content (AvgIpc) is 2.61. The molecule has 4 heteroatoms. The zero-order valence-corrected chi connectivity index (χ0v) is 7.90. The maximum atomic E-state index is 5.09. The third kappa shape index (κ3) is 1.35. The SMILES string of the molecule is Cc1cc(-c2cc(C)n(C)n2)on1. The number of nitrogens with zero attached hydrogens (tertiary/aromatic N) is 3. The first-order valence-corrected chi connectivity index (χ1v) is 4.11. The van der Waals surface area contributed by atoms with E-state index >= 15 is 0 Å². The number of aromatic nitrogens is 3. The standard InChI is InChI=1S/C9H11N3O/c1-6-4-9(13-11-6)8-5-7(2)12(3)10-8/h4-5H,1-3H3. The van der Waals surface area contributed by atoms with Gasteiger partial charge in [0.25, 0.3) is 0 Å². The van der Waals surface area contributed by atoms with Crippen molar-refractivity contribution in [2.45, 2.75) is 13.8 Å². The Kier molecular flexibility index (Phi) is 1.69. The summed E-state index contributed by atoms with van der Waals surface area (Å²) in [4.78, 5) is 0. The van der Waals surface area contributed by atoms with Crippen LogP contribution in [0.25, 0.3) is 11.5 Å². The van der Waals surface area contributed by atoms with Gasteiger partial charge in [0.2, 0.25) is 0 Å². The molecular weight excluding hydrogens is 166 g/mol. The average molecular weight is 177 g/mol. The molecule has 2 aromatic heterocycles. The first-order chi connectivity index (χ1) is 6.16. The van der Waals surface area contributed by atoms with Crippen LogP contribution in [0.2, 0.25) is 0 Å². The lowest BCUT2D eigenvalue weighted by atomic mass is 10.3. The van der Waals surface area contributed by atoms with Crippen LogP contribution in [0.15, 0.2) is 16.7 Å². The summed E-state index contributed by atoms with van der Waals surface area (Å²) in [7, 11) is 1.90. The third-order valence-electron chi connectivity index (χ3n) is 1.99. The molecule has 0 aliphatic carbocycles.